The summed E-state index contributed by atoms with van der Waals surface area (Å²) >= 11 is 0. The van der Waals surface area contributed by atoms with Crippen molar-refractivity contribution in [2.24, 2.45) is 7.05 Å². The monoisotopic (exact) mass is 371 g/mol. The maximum atomic E-state index is 13.3. The number of carbonyl (C=O) groups is 3. The van der Waals surface area contributed by atoms with Gasteiger partial charge in [0.15, 0.2) is 5.78 Å². The Balaban J connectivity index is 1.90. The van der Waals surface area contributed by atoms with Crippen molar-refractivity contribution in [1.82, 2.24) is 14.8 Å². The van der Waals surface area contributed by atoms with E-state index in [2.05, 4.69) is 5.32 Å². The molecule has 1 atom stereocenters. The number of aromatic nitrogens is 1. The number of hydrogen-bond acceptors (Lipinski definition) is 3. The first kappa shape index (κ1) is 18.8. The van der Waals surface area contributed by atoms with Crippen molar-refractivity contribution in [2.45, 2.75) is 32.7 Å². The number of nitrogens with zero attached hydrogens (tertiary/aromatic N) is 2. The summed E-state index contributed by atoms with van der Waals surface area (Å²) in [5.74, 6) is -1.23. The van der Waals surface area contributed by atoms with Crippen molar-refractivity contribution in [3.63, 3.8) is 0 Å². The Kier molecular flexibility index (Phi) is 4.63. The second-order valence-corrected chi connectivity index (χ2v) is 6.85. The second-order valence-electron chi connectivity index (χ2n) is 6.85. The SMILES string of the molecule is CCC1(c2ccc(F)cc2)NC(=O)N(CC(=O)c2cc(C)n(C)c2C)C1=O. The molecule has 1 unspecified atom stereocenters. The fourth-order valence-corrected chi connectivity index (χ4v) is 3.51. The van der Waals surface area contributed by atoms with Crippen molar-refractivity contribution in [3.05, 3.63) is 58.7 Å². The molecule has 0 bridgehead atoms. The fraction of sp³-hybridized carbons (Fsp3) is 0.350. The van der Waals surface area contributed by atoms with Gasteiger partial charge in [0.2, 0.25) is 0 Å². The zero-order chi connectivity index (χ0) is 19.9. The Labute approximate surface area is 157 Å². The summed E-state index contributed by atoms with van der Waals surface area (Å²) in [5, 5.41) is 2.70. The first-order chi connectivity index (χ1) is 12.7. The number of halogens is 1. The predicted octanol–water partition coefficient (Wildman–Crippen LogP) is 2.82. The van der Waals surface area contributed by atoms with Crippen molar-refractivity contribution < 1.29 is 18.8 Å². The van der Waals surface area contributed by atoms with Gasteiger partial charge in [0, 0.05) is 24.0 Å². The van der Waals surface area contributed by atoms with Gasteiger partial charge in [0.05, 0.1) is 6.54 Å². The largest absolute Gasteiger partial charge is 0.351 e. The van der Waals surface area contributed by atoms with Crippen molar-refractivity contribution >= 4 is 17.7 Å². The summed E-state index contributed by atoms with van der Waals surface area (Å²) in [6.45, 7) is 5.13. The highest BCUT2D eigenvalue weighted by Crippen LogP contribution is 2.32. The minimum atomic E-state index is -1.29. The van der Waals surface area contributed by atoms with Crippen LogP contribution in [0.25, 0.3) is 0 Å². The Morgan fingerprint density at radius 1 is 1.19 bits per heavy atom. The molecule has 0 saturated carbocycles. The minimum absolute atomic E-state index is 0.289. The third-order valence-electron chi connectivity index (χ3n) is 5.42. The van der Waals surface area contributed by atoms with Gasteiger partial charge in [0.25, 0.3) is 5.91 Å². The quantitative estimate of drug-likeness (QED) is 0.649. The van der Waals surface area contributed by atoms with Gasteiger partial charge < -0.3 is 9.88 Å². The van der Waals surface area contributed by atoms with Gasteiger partial charge in [-0.25, -0.2) is 9.18 Å². The molecule has 3 amide bonds. The maximum Gasteiger partial charge on any atom is 0.325 e. The molecule has 27 heavy (non-hydrogen) atoms. The highest BCUT2D eigenvalue weighted by Gasteiger charge is 2.51. The highest BCUT2D eigenvalue weighted by molar-refractivity contribution is 6.11. The zero-order valence-electron chi connectivity index (χ0n) is 15.8. The van der Waals surface area contributed by atoms with Crippen LogP contribution in [-0.2, 0) is 17.4 Å². The number of urea groups is 1. The molecule has 6 nitrogen and oxygen atoms in total. The summed E-state index contributed by atoms with van der Waals surface area (Å²) in [5.41, 5.74) is 1.40. The molecule has 0 aliphatic carbocycles. The Bertz CT molecular complexity index is 933. The van der Waals surface area contributed by atoms with E-state index in [0.717, 1.165) is 16.3 Å². The normalized spacial score (nSPS) is 19.5. The van der Waals surface area contributed by atoms with Crippen LogP contribution in [0.5, 0.6) is 0 Å². The molecule has 1 aromatic heterocycles. The van der Waals surface area contributed by atoms with E-state index in [1.54, 1.807) is 13.0 Å². The number of carbonyl (C=O) groups excluding carboxylic acids is 3. The van der Waals surface area contributed by atoms with Gasteiger partial charge >= 0.3 is 6.03 Å². The lowest BCUT2D eigenvalue weighted by Gasteiger charge is -2.25. The van der Waals surface area contributed by atoms with Gasteiger partial charge in [-0.2, -0.15) is 0 Å². The summed E-state index contributed by atoms with van der Waals surface area (Å²) in [4.78, 5) is 39.2. The third-order valence-corrected chi connectivity index (χ3v) is 5.42. The highest BCUT2D eigenvalue weighted by atomic mass is 19.1. The molecule has 1 saturated heterocycles. The van der Waals surface area contributed by atoms with E-state index in [1.165, 1.54) is 24.3 Å². The Hall–Kier alpha value is -2.96. The van der Waals surface area contributed by atoms with Crippen LogP contribution in [0.1, 0.15) is 40.7 Å². The van der Waals surface area contributed by atoms with E-state index in [1.807, 2.05) is 25.5 Å². The molecule has 0 radical (unpaired) electrons. The molecule has 0 spiro atoms. The lowest BCUT2D eigenvalue weighted by Crippen LogP contribution is -2.43. The molecular weight excluding hydrogens is 349 g/mol. The van der Waals surface area contributed by atoms with Crippen molar-refractivity contribution in [1.29, 1.82) is 0 Å². The van der Waals surface area contributed by atoms with Crippen LogP contribution in [0.2, 0.25) is 0 Å². The molecule has 2 aromatic rings. The zero-order valence-corrected chi connectivity index (χ0v) is 15.8. The summed E-state index contributed by atoms with van der Waals surface area (Å²) in [6, 6.07) is 6.58. The van der Waals surface area contributed by atoms with Crippen molar-refractivity contribution in [3.8, 4) is 0 Å². The molecular formula is C20H22FN3O3. The Morgan fingerprint density at radius 2 is 1.81 bits per heavy atom. The Morgan fingerprint density at radius 3 is 2.33 bits per heavy atom. The number of nitrogens with one attached hydrogen (secondary N) is 1. The van der Waals surface area contributed by atoms with Crippen LogP contribution in [0.4, 0.5) is 9.18 Å². The van der Waals surface area contributed by atoms with Crippen LogP contribution in [0.3, 0.4) is 0 Å². The molecule has 1 N–H and O–H groups in total. The number of rotatable bonds is 5. The van der Waals surface area contributed by atoms with Gasteiger partial charge in [-0.05, 0) is 44.0 Å². The standard InChI is InChI=1S/C20H22FN3O3/c1-5-20(14-6-8-15(21)9-7-14)18(26)24(19(27)22-20)11-17(25)16-10-12(2)23(4)13(16)3/h6-10H,5,11H2,1-4H3,(H,22,27). The van der Waals surface area contributed by atoms with E-state index in [0.29, 0.717) is 11.1 Å². The third kappa shape index (κ3) is 2.93. The maximum absolute atomic E-state index is 13.3. The number of amides is 3. The molecule has 1 aliphatic heterocycles. The van der Waals surface area contributed by atoms with Crippen molar-refractivity contribution in [2.75, 3.05) is 6.54 Å². The molecule has 2 heterocycles. The first-order valence-electron chi connectivity index (χ1n) is 8.77. The topological polar surface area (TPSA) is 71.4 Å². The van der Waals surface area contributed by atoms with E-state index < -0.39 is 23.3 Å². The average molecular weight is 371 g/mol. The second kappa shape index (κ2) is 6.64. The van der Waals surface area contributed by atoms with Gasteiger partial charge in [-0.3, -0.25) is 14.5 Å². The smallest absolute Gasteiger partial charge is 0.325 e. The lowest BCUT2D eigenvalue weighted by molar-refractivity contribution is -0.131. The van der Waals surface area contributed by atoms with Crippen LogP contribution < -0.4 is 5.32 Å². The van der Waals surface area contributed by atoms with Gasteiger partial charge in [-0.15, -0.1) is 0 Å². The van der Waals surface area contributed by atoms with Gasteiger partial charge in [0.1, 0.15) is 11.4 Å². The molecule has 1 fully saturated rings. The summed E-state index contributed by atoms with van der Waals surface area (Å²) in [7, 11) is 1.85. The van der Waals surface area contributed by atoms with E-state index in [4.69, 9.17) is 0 Å². The number of aryl methyl sites for hydroxylation is 1. The molecule has 1 aromatic carbocycles. The van der Waals surface area contributed by atoms with E-state index in [-0.39, 0.29) is 18.7 Å². The number of ketones is 1. The van der Waals surface area contributed by atoms with Crippen LogP contribution >= 0.6 is 0 Å². The molecule has 1 aliphatic rings. The molecule has 7 heteroatoms. The summed E-state index contributed by atoms with van der Waals surface area (Å²) in [6.07, 6.45) is 0.289. The lowest BCUT2D eigenvalue weighted by atomic mass is 9.87. The first-order valence-corrected chi connectivity index (χ1v) is 8.77. The van der Waals surface area contributed by atoms with E-state index >= 15 is 0 Å². The predicted molar refractivity (Wildman–Crippen MR) is 97.8 cm³/mol. The molecule has 3 rings (SSSR count). The van der Waals surface area contributed by atoms with Crippen LogP contribution in [-0.4, -0.2) is 33.7 Å². The fourth-order valence-electron chi connectivity index (χ4n) is 3.51. The minimum Gasteiger partial charge on any atom is -0.351 e. The number of Topliss-reactive ketones (excluding diaryl/α,β-unsaturated/α-hetero) is 1. The molecule has 142 valence electrons. The average Bonchev–Trinajstić information content (AvgIpc) is 3.05. The number of imide groups is 1. The van der Waals surface area contributed by atoms with Crippen LogP contribution in [0, 0.1) is 19.7 Å². The number of benzene rings is 1. The van der Waals surface area contributed by atoms with Crippen LogP contribution in [0.15, 0.2) is 30.3 Å². The number of hydrogen-bond donors (Lipinski definition) is 1. The van der Waals surface area contributed by atoms with E-state index in [9.17, 15) is 18.8 Å². The van der Waals surface area contributed by atoms with Gasteiger partial charge in [-0.1, -0.05) is 19.1 Å². The summed E-state index contributed by atoms with van der Waals surface area (Å²) < 4.78 is 15.1.